The van der Waals surface area contributed by atoms with Gasteiger partial charge in [-0.2, -0.15) is 0 Å². The number of benzene rings is 2. The number of rotatable bonds is 11. The SMILES string of the molecule is CNc1ccccc1CCN(C=O)C1CCN(CCNC(=O)c2cc(C)c3nc(C4CC4)[nH]c3c2)CC1. The summed E-state index contributed by atoms with van der Waals surface area (Å²) in [6, 6.07) is 12.4. The van der Waals surface area contributed by atoms with Gasteiger partial charge in [0.25, 0.3) is 5.91 Å². The van der Waals surface area contributed by atoms with Crippen molar-refractivity contribution in [3.8, 4) is 0 Å². The number of piperidine rings is 1. The first-order chi connectivity index (χ1) is 18.1. The molecule has 1 aromatic heterocycles. The van der Waals surface area contributed by atoms with E-state index in [1.165, 1.54) is 18.4 Å². The van der Waals surface area contributed by atoms with E-state index in [0.717, 1.165) is 80.0 Å². The van der Waals surface area contributed by atoms with Crippen LogP contribution in [-0.4, -0.2) is 77.9 Å². The summed E-state index contributed by atoms with van der Waals surface area (Å²) in [6.45, 7) is 6.03. The van der Waals surface area contributed by atoms with E-state index in [1.807, 2.05) is 43.1 Å². The zero-order valence-electron chi connectivity index (χ0n) is 21.9. The Kier molecular flexibility index (Phi) is 7.74. The van der Waals surface area contributed by atoms with Crippen molar-refractivity contribution >= 4 is 29.0 Å². The Labute approximate surface area is 218 Å². The lowest BCUT2D eigenvalue weighted by atomic mass is 10.0. The predicted molar refractivity (Wildman–Crippen MR) is 147 cm³/mol. The Balaban J connectivity index is 1.07. The van der Waals surface area contributed by atoms with Crippen LogP contribution < -0.4 is 10.6 Å². The van der Waals surface area contributed by atoms with Crippen LogP contribution in [0.25, 0.3) is 11.0 Å². The minimum Gasteiger partial charge on any atom is -0.388 e. The Morgan fingerprint density at radius 1 is 1.19 bits per heavy atom. The summed E-state index contributed by atoms with van der Waals surface area (Å²) in [5.41, 5.74) is 5.97. The summed E-state index contributed by atoms with van der Waals surface area (Å²) in [6.07, 6.45) is 6.16. The fraction of sp³-hybridized carbons (Fsp3) is 0.483. The highest BCUT2D eigenvalue weighted by molar-refractivity contribution is 5.98. The van der Waals surface area contributed by atoms with E-state index in [4.69, 9.17) is 4.98 Å². The number of amides is 2. The number of nitrogens with one attached hydrogen (secondary N) is 3. The second-order valence-electron chi connectivity index (χ2n) is 10.4. The highest BCUT2D eigenvalue weighted by Gasteiger charge is 2.27. The normalized spacial score (nSPS) is 16.6. The average molecular weight is 503 g/mol. The highest BCUT2D eigenvalue weighted by atomic mass is 16.1. The standard InChI is InChI=1S/C29H38N6O2/c1-20-17-23(18-26-27(20)33-28(32-26)22-7-8-22)29(37)31-12-16-34-13-10-24(11-14-34)35(19-36)15-9-21-5-3-4-6-25(21)30-2/h3-6,17-19,22,24,30H,7-16H2,1-2H3,(H,31,37)(H,32,33). The molecule has 0 radical (unpaired) electrons. The maximum Gasteiger partial charge on any atom is 0.251 e. The molecule has 196 valence electrons. The molecule has 2 aliphatic rings. The number of imidazole rings is 1. The van der Waals surface area contributed by atoms with Crippen LogP contribution in [0, 0.1) is 6.92 Å². The quantitative estimate of drug-likeness (QED) is 0.348. The lowest BCUT2D eigenvalue weighted by molar-refractivity contribution is -0.121. The molecule has 0 bridgehead atoms. The third-order valence-electron chi connectivity index (χ3n) is 7.82. The molecule has 1 saturated carbocycles. The summed E-state index contributed by atoms with van der Waals surface area (Å²) in [4.78, 5) is 37.2. The van der Waals surface area contributed by atoms with Gasteiger partial charge in [-0.25, -0.2) is 4.98 Å². The van der Waals surface area contributed by atoms with Gasteiger partial charge in [-0.15, -0.1) is 0 Å². The number of H-pyrrole nitrogens is 1. The predicted octanol–water partition coefficient (Wildman–Crippen LogP) is 3.69. The number of likely N-dealkylation sites (tertiary alicyclic amines) is 1. The first-order valence-corrected chi connectivity index (χ1v) is 13.5. The van der Waals surface area contributed by atoms with Gasteiger partial charge in [-0.05, 0) is 68.4 Å². The van der Waals surface area contributed by atoms with Crippen molar-refractivity contribution < 1.29 is 9.59 Å². The molecule has 2 fully saturated rings. The molecule has 2 heterocycles. The maximum atomic E-state index is 12.8. The molecule has 1 saturated heterocycles. The summed E-state index contributed by atoms with van der Waals surface area (Å²) >= 11 is 0. The van der Waals surface area contributed by atoms with Crippen molar-refractivity contribution in [3.63, 3.8) is 0 Å². The number of carbonyl (C=O) groups excluding carboxylic acids is 2. The van der Waals surface area contributed by atoms with Crippen molar-refractivity contribution in [1.82, 2.24) is 25.1 Å². The number of aromatic amines is 1. The first-order valence-electron chi connectivity index (χ1n) is 13.5. The van der Waals surface area contributed by atoms with Crippen molar-refractivity contribution in [1.29, 1.82) is 0 Å². The van der Waals surface area contributed by atoms with Gasteiger partial charge in [0.15, 0.2) is 0 Å². The van der Waals surface area contributed by atoms with E-state index in [-0.39, 0.29) is 11.9 Å². The van der Waals surface area contributed by atoms with Gasteiger partial charge in [0.1, 0.15) is 5.82 Å². The molecule has 3 N–H and O–H groups in total. The fourth-order valence-corrected chi connectivity index (χ4v) is 5.45. The van der Waals surface area contributed by atoms with Crippen LogP contribution in [0.15, 0.2) is 36.4 Å². The number of fused-ring (bicyclic) bond motifs is 1. The minimum atomic E-state index is -0.0450. The highest BCUT2D eigenvalue weighted by Crippen LogP contribution is 2.39. The lowest BCUT2D eigenvalue weighted by Gasteiger charge is -2.37. The Hall–Kier alpha value is -3.39. The average Bonchev–Trinajstić information content (AvgIpc) is 3.68. The van der Waals surface area contributed by atoms with Gasteiger partial charge in [-0.3, -0.25) is 9.59 Å². The molecule has 8 heteroatoms. The maximum absolute atomic E-state index is 12.8. The van der Waals surface area contributed by atoms with Crippen molar-refractivity contribution in [2.75, 3.05) is 45.1 Å². The molecule has 0 atom stereocenters. The third-order valence-corrected chi connectivity index (χ3v) is 7.82. The Morgan fingerprint density at radius 3 is 2.70 bits per heavy atom. The third kappa shape index (κ3) is 5.96. The summed E-state index contributed by atoms with van der Waals surface area (Å²) in [7, 11) is 1.93. The number of aromatic nitrogens is 2. The molecule has 0 unspecified atom stereocenters. The minimum absolute atomic E-state index is 0.0450. The molecular formula is C29H38N6O2. The monoisotopic (exact) mass is 502 g/mol. The number of hydrogen-bond donors (Lipinski definition) is 3. The molecule has 5 rings (SSSR count). The van der Waals surface area contributed by atoms with Crippen LogP contribution in [-0.2, 0) is 11.2 Å². The molecule has 3 aromatic rings. The van der Waals surface area contributed by atoms with Gasteiger partial charge in [0.05, 0.1) is 11.0 Å². The number of para-hydroxylation sites is 1. The molecular weight excluding hydrogens is 464 g/mol. The van der Waals surface area contributed by atoms with E-state index in [2.05, 4.69) is 32.7 Å². The van der Waals surface area contributed by atoms with E-state index in [1.54, 1.807) is 0 Å². The number of nitrogens with zero attached hydrogens (tertiary/aromatic N) is 3. The van der Waals surface area contributed by atoms with E-state index in [0.29, 0.717) is 18.0 Å². The zero-order chi connectivity index (χ0) is 25.8. The van der Waals surface area contributed by atoms with E-state index >= 15 is 0 Å². The Bertz CT molecular complexity index is 1240. The summed E-state index contributed by atoms with van der Waals surface area (Å²) < 4.78 is 0. The van der Waals surface area contributed by atoms with Crippen LogP contribution in [0.3, 0.4) is 0 Å². The molecule has 1 aliphatic carbocycles. The molecule has 2 amide bonds. The number of aryl methyl sites for hydroxylation is 1. The lowest BCUT2D eigenvalue weighted by Crippen LogP contribution is -2.46. The van der Waals surface area contributed by atoms with Gasteiger partial charge >= 0.3 is 0 Å². The largest absolute Gasteiger partial charge is 0.388 e. The van der Waals surface area contributed by atoms with Gasteiger partial charge in [-0.1, -0.05) is 18.2 Å². The zero-order valence-corrected chi connectivity index (χ0v) is 21.9. The Morgan fingerprint density at radius 2 is 1.97 bits per heavy atom. The van der Waals surface area contributed by atoms with E-state index in [9.17, 15) is 9.59 Å². The van der Waals surface area contributed by atoms with Crippen LogP contribution in [0.1, 0.15) is 58.9 Å². The van der Waals surface area contributed by atoms with Crippen LogP contribution >= 0.6 is 0 Å². The van der Waals surface area contributed by atoms with Crippen molar-refractivity contribution in [2.45, 2.75) is 51.0 Å². The molecule has 8 nitrogen and oxygen atoms in total. The topological polar surface area (TPSA) is 93.4 Å². The van der Waals surface area contributed by atoms with Gasteiger partial charge < -0.3 is 25.4 Å². The summed E-state index contributed by atoms with van der Waals surface area (Å²) in [5.74, 6) is 1.56. The van der Waals surface area contributed by atoms with Crippen molar-refractivity contribution in [3.05, 3.63) is 58.9 Å². The fourth-order valence-electron chi connectivity index (χ4n) is 5.45. The number of anilines is 1. The molecule has 37 heavy (non-hydrogen) atoms. The van der Waals surface area contributed by atoms with Crippen LogP contribution in [0.4, 0.5) is 5.69 Å². The van der Waals surface area contributed by atoms with Crippen molar-refractivity contribution in [2.24, 2.45) is 0 Å². The second kappa shape index (κ2) is 11.3. The number of carbonyl (C=O) groups is 2. The second-order valence-corrected chi connectivity index (χ2v) is 10.4. The number of hydrogen-bond acceptors (Lipinski definition) is 5. The summed E-state index contributed by atoms with van der Waals surface area (Å²) in [5, 5.41) is 6.32. The van der Waals surface area contributed by atoms with Crippen LogP contribution in [0.2, 0.25) is 0 Å². The molecule has 0 spiro atoms. The van der Waals surface area contributed by atoms with Crippen LogP contribution in [0.5, 0.6) is 0 Å². The smallest absolute Gasteiger partial charge is 0.251 e. The molecule has 2 aromatic carbocycles. The van der Waals surface area contributed by atoms with Gasteiger partial charge in [0.2, 0.25) is 6.41 Å². The van der Waals surface area contributed by atoms with Gasteiger partial charge in [0, 0.05) is 63.0 Å². The first kappa shape index (κ1) is 25.3. The van der Waals surface area contributed by atoms with E-state index < -0.39 is 0 Å². The molecule has 1 aliphatic heterocycles.